The quantitative estimate of drug-likeness (QED) is 0.530. The average Bonchev–Trinajstić information content (AvgIpc) is 3.24. The Morgan fingerprint density at radius 2 is 1.66 bits per heavy atom. The van der Waals surface area contributed by atoms with E-state index in [-0.39, 0.29) is 40.9 Å². The molecule has 3 aromatic rings. The van der Waals surface area contributed by atoms with Crippen LogP contribution in [-0.4, -0.2) is 39.0 Å². The predicted molar refractivity (Wildman–Crippen MR) is 119 cm³/mol. The molecule has 6 nitrogen and oxygen atoms in total. The molecule has 0 atom stereocenters. The van der Waals surface area contributed by atoms with Crippen molar-refractivity contribution in [1.82, 2.24) is 19.9 Å². The number of aromatic nitrogens is 3. The number of hydrogen-bond donors (Lipinski definition) is 0. The van der Waals surface area contributed by atoms with Crippen LogP contribution in [0.3, 0.4) is 0 Å². The molecule has 0 spiro atoms. The van der Waals surface area contributed by atoms with E-state index in [0.717, 1.165) is 36.6 Å². The van der Waals surface area contributed by atoms with Crippen LogP contribution in [0.15, 0.2) is 54.7 Å². The molecule has 7 heteroatoms. The third-order valence-electron chi connectivity index (χ3n) is 6.07. The minimum atomic E-state index is -0.915. The number of rotatable bonds is 5. The van der Waals surface area contributed by atoms with E-state index >= 15 is 0 Å². The number of carboxylic acid groups (broad SMARTS) is 1. The van der Waals surface area contributed by atoms with Gasteiger partial charge in [0.25, 0.3) is 0 Å². The Kier molecular flexibility index (Phi) is 7.93. The molecule has 0 aliphatic carbocycles. The molecule has 4 rings (SSSR count). The molecule has 162 valence electrons. The van der Waals surface area contributed by atoms with Gasteiger partial charge in [-0.05, 0) is 54.6 Å². The number of likely N-dealkylation sites (tertiary alicyclic amines) is 1. The molecule has 1 saturated heterocycles. The standard InChI is InChI=1S/C25H30N4O2.Na/c1-25(2,3)21-8-6-19(7-9-21)23-17-29(27-26-23)22-10-4-18(5-11-22)16-28-14-12-20(13-15-28)24(30)31;/h4-11,17,20H,12-16H2,1-3H3,(H,30,31);/q;+1/p-1. The summed E-state index contributed by atoms with van der Waals surface area (Å²) in [6, 6.07) is 16.8. The molecular weight excluding hydrogens is 411 g/mol. The van der Waals surface area contributed by atoms with Crippen LogP contribution >= 0.6 is 0 Å². The second kappa shape index (κ2) is 10.3. The van der Waals surface area contributed by atoms with Crippen LogP contribution in [0.4, 0.5) is 0 Å². The normalized spacial score (nSPS) is 15.3. The molecule has 32 heavy (non-hydrogen) atoms. The summed E-state index contributed by atoms with van der Waals surface area (Å²) in [4.78, 5) is 13.3. The van der Waals surface area contributed by atoms with Gasteiger partial charge in [0, 0.05) is 24.0 Å². The molecule has 1 aliphatic heterocycles. The smallest absolute Gasteiger partial charge is 0.550 e. The fourth-order valence-electron chi connectivity index (χ4n) is 4.00. The number of aliphatic carboxylic acids is 1. The average molecular weight is 441 g/mol. The van der Waals surface area contributed by atoms with Crippen LogP contribution < -0.4 is 34.7 Å². The number of benzene rings is 2. The SMILES string of the molecule is CC(C)(C)c1ccc(-c2cn(-c3ccc(CN4CCC(C(=O)[O-])CC4)cc3)nn2)cc1.[Na+]. The van der Waals surface area contributed by atoms with Gasteiger partial charge in [0.2, 0.25) is 0 Å². The zero-order chi connectivity index (χ0) is 22.0. The van der Waals surface area contributed by atoms with E-state index < -0.39 is 5.97 Å². The van der Waals surface area contributed by atoms with Crippen LogP contribution in [0, 0.1) is 5.92 Å². The first-order valence-electron chi connectivity index (χ1n) is 10.9. The Morgan fingerprint density at radius 3 is 2.22 bits per heavy atom. The van der Waals surface area contributed by atoms with Crippen LogP contribution in [0.1, 0.15) is 44.7 Å². The summed E-state index contributed by atoms with van der Waals surface area (Å²) in [6.07, 6.45) is 3.28. The zero-order valence-corrected chi connectivity index (χ0v) is 21.4. The van der Waals surface area contributed by atoms with E-state index in [1.165, 1.54) is 11.1 Å². The minimum absolute atomic E-state index is 0. The van der Waals surface area contributed by atoms with Crippen LogP contribution in [-0.2, 0) is 16.8 Å². The zero-order valence-electron chi connectivity index (χ0n) is 19.4. The fraction of sp³-hybridized carbons (Fsp3) is 0.400. The van der Waals surface area contributed by atoms with Gasteiger partial charge in [-0.2, -0.15) is 0 Å². The Labute approximate surface area is 211 Å². The van der Waals surface area contributed by atoms with E-state index in [4.69, 9.17) is 0 Å². The van der Waals surface area contributed by atoms with Gasteiger partial charge >= 0.3 is 29.6 Å². The van der Waals surface area contributed by atoms with E-state index in [9.17, 15) is 9.90 Å². The summed E-state index contributed by atoms with van der Waals surface area (Å²) in [5.41, 5.74) is 5.49. The van der Waals surface area contributed by atoms with Crippen LogP contribution in [0.2, 0.25) is 0 Å². The predicted octanol–water partition coefficient (Wildman–Crippen LogP) is 0.198. The molecule has 2 heterocycles. The maximum absolute atomic E-state index is 11.0. The number of piperidine rings is 1. The Hall–Kier alpha value is -1.99. The van der Waals surface area contributed by atoms with Crippen molar-refractivity contribution in [1.29, 1.82) is 0 Å². The van der Waals surface area contributed by atoms with Crippen molar-refractivity contribution in [3.63, 3.8) is 0 Å². The molecule has 2 aromatic carbocycles. The fourth-order valence-corrected chi connectivity index (χ4v) is 4.00. The number of carbonyl (C=O) groups excluding carboxylic acids is 1. The second-order valence-corrected chi connectivity index (χ2v) is 9.41. The number of nitrogens with zero attached hydrogens (tertiary/aromatic N) is 4. The largest absolute Gasteiger partial charge is 1.00 e. The molecule has 0 radical (unpaired) electrons. The van der Waals surface area contributed by atoms with Gasteiger partial charge in [-0.3, -0.25) is 4.90 Å². The molecule has 0 amide bonds. The van der Waals surface area contributed by atoms with Gasteiger partial charge in [0.05, 0.1) is 11.9 Å². The molecule has 1 aromatic heterocycles. The minimum Gasteiger partial charge on any atom is -0.550 e. The van der Waals surface area contributed by atoms with E-state index in [1.807, 2.05) is 18.3 Å². The third-order valence-corrected chi connectivity index (χ3v) is 6.07. The monoisotopic (exact) mass is 440 g/mol. The first kappa shape index (κ1) is 24.6. The summed E-state index contributed by atoms with van der Waals surface area (Å²) >= 11 is 0. The first-order valence-corrected chi connectivity index (χ1v) is 10.9. The molecule has 1 aliphatic rings. The van der Waals surface area contributed by atoms with Crippen LogP contribution in [0.25, 0.3) is 16.9 Å². The van der Waals surface area contributed by atoms with Gasteiger partial charge in [-0.25, -0.2) is 4.68 Å². The molecule has 0 unspecified atom stereocenters. The van der Waals surface area contributed by atoms with Gasteiger partial charge < -0.3 is 9.90 Å². The van der Waals surface area contributed by atoms with Crippen molar-refractivity contribution < 1.29 is 39.5 Å². The Bertz CT molecular complexity index is 1030. The van der Waals surface area contributed by atoms with Crippen molar-refractivity contribution in [3.05, 3.63) is 65.9 Å². The Morgan fingerprint density at radius 1 is 1.03 bits per heavy atom. The molecule has 0 saturated carbocycles. The van der Waals surface area contributed by atoms with E-state index in [2.05, 4.69) is 72.4 Å². The van der Waals surface area contributed by atoms with Gasteiger partial charge in [0.1, 0.15) is 5.69 Å². The molecule has 1 fully saturated rings. The van der Waals surface area contributed by atoms with Gasteiger partial charge in [-0.15, -0.1) is 5.10 Å². The summed E-state index contributed by atoms with van der Waals surface area (Å²) in [6.45, 7) is 9.02. The first-order chi connectivity index (χ1) is 14.8. The topological polar surface area (TPSA) is 74.1 Å². The Balaban J connectivity index is 0.00000289. The third kappa shape index (κ3) is 5.87. The molecule has 0 bridgehead atoms. The maximum Gasteiger partial charge on any atom is 1.00 e. The van der Waals surface area contributed by atoms with Crippen molar-refractivity contribution in [3.8, 4) is 16.9 Å². The number of carbonyl (C=O) groups is 1. The van der Waals surface area contributed by atoms with Gasteiger partial charge in [0.15, 0.2) is 0 Å². The number of carboxylic acids is 1. The summed E-state index contributed by atoms with van der Waals surface area (Å²) < 4.78 is 1.79. The van der Waals surface area contributed by atoms with Crippen molar-refractivity contribution in [2.24, 2.45) is 5.92 Å². The summed E-state index contributed by atoms with van der Waals surface area (Å²) in [5, 5.41) is 19.6. The summed E-state index contributed by atoms with van der Waals surface area (Å²) in [5.74, 6) is -1.22. The van der Waals surface area contributed by atoms with Crippen LogP contribution in [0.5, 0.6) is 0 Å². The molecule has 0 N–H and O–H groups in total. The molecular formula is C25H29N4NaO2. The van der Waals surface area contributed by atoms with Crippen molar-refractivity contribution >= 4 is 5.97 Å². The van der Waals surface area contributed by atoms with E-state index in [0.29, 0.717) is 12.8 Å². The number of hydrogen-bond acceptors (Lipinski definition) is 5. The van der Waals surface area contributed by atoms with E-state index in [1.54, 1.807) is 4.68 Å². The van der Waals surface area contributed by atoms with Gasteiger partial charge in [-0.1, -0.05) is 62.4 Å². The second-order valence-electron chi connectivity index (χ2n) is 9.41. The summed E-state index contributed by atoms with van der Waals surface area (Å²) in [7, 11) is 0. The van der Waals surface area contributed by atoms with Crippen molar-refractivity contribution in [2.45, 2.75) is 45.6 Å². The maximum atomic E-state index is 11.0. The van der Waals surface area contributed by atoms with Crippen molar-refractivity contribution in [2.75, 3.05) is 13.1 Å².